The molecule has 0 aliphatic rings. The van der Waals surface area contributed by atoms with Crippen LogP contribution >= 0.6 is 0 Å². The molecule has 0 atom stereocenters. The summed E-state index contributed by atoms with van der Waals surface area (Å²) in [5.41, 5.74) is 2.32. The molecule has 0 bridgehead atoms. The second-order valence-corrected chi connectivity index (χ2v) is 5.65. The minimum atomic E-state index is 0.349. The lowest BCUT2D eigenvalue weighted by Crippen LogP contribution is -2.40. The standard InChI is InChI=1S/C19H25N3O/c1-15(2)22-19(20-3)21-13-17-10-7-11-18(12-17)23-14-16-8-5-4-6-9-16/h4-12,15H,13-14H2,1-3H3,(H2,20,21,22). The molecule has 2 aromatic rings. The zero-order chi connectivity index (χ0) is 16.5. The van der Waals surface area contributed by atoms with Gasteiger partial charge in [-0.2, -0.15) is 0 Å². The van der Waals surface area contributed by atoms with Crippen molar-refractivity contribution in [2.75, 3.05) is 7.05 Å². The molecule has 0 saturated carbocycles. The molecule has 0 aliphatic carbocycles. The van der Waals surface area contributed by atoms with Gasteiger partial charge in [-0.05, 0) is 37.1 Å². The first kappa shape index (κ1) is 16.9. The Morgan fingerprint density at radius 1 is 1.04 bits per heavy atom. The van der Waals surface area contributed by atoms with Gasteiger partial charge in [0.05, 0.1) is 0 Å². The van der Waals surface area contributed by atoms with Gasteiger partial charge in [-0.15, -0.1) is 0 Å². The molecule has 0 spiro atoms. The van der Waals surface area contributed by atoms with Gasteiger partial charge in [-0.25, -0.2) is 0 Å². The first-order valence-corrected chi connectivity index (χ1v) is 7.90. The van der Waals surface area contributed by atoms with Crippen LogP contribution in [0, 0.1) is 0 Å². The van der Waals surface area contributed by atoms with Crippen LogP contribution in [0.5, 0.6) is 5.75 Å². The van der Waals surface area contributed by atoms with E-state index in [-0.39, 0.29) is 0 Å². The Balaban J connectivity index is 1.89. The van der Waals surface area contributed by atoms with Gasteiger partial charge in [0.25, 0.3) is 0 Å². The van der Waals surface area contributed by atoms with Crippen LogP contribution in [0.15, 0.2) is 59.6 Å². The van der Waals surface area contributed by atoms with Crippen molar-refractivity contribution >= 4 is 5.96 Å². The van der Waals surface area contributed by atoms with E-state index in [1.54, 1.807) is 7.05 Å². The average Bonchev–Trinajstić information content (AvgIpc) is 2.58. The van der Waals surface area contributed by atoms with Gasteiger partial charge in [0.1, 0.15) is 12.4 Å². The monoisotopic (exact) mass is 311 g/mol. The average molecular weight is 311 g/mol. The summed E-state index contributed by atoms with van der Waals surface area (Å²) in [6, 6.07) is 18.6. The summed E-state index contributed by atoms with van der Waals surface area (Å²) in [6.45, 7) is 5.46. The van der Waals surface area contributed by atoms with Crippen molar-refractivity contribution < 1.29 is 4.74 Å². The third-order valence-corrected chi connectivity index (χ3v) is 3.26. The largest absolute Gasteiger partial charge is 0.489 e. The zero-order valence-electron chi connectivity index (χ0n) is 14.0. The van der Waals surface area contributed by atoms with E-state index in [9.17, 15) is 0 Å². The molecule has 0 fully saturated rings. The van der Waals surface area contributed by atoms with Crippen LogP contribution < -0.4 is 15.4 Å². The van der Waals surface area contributed by atoms with Crippen LogP contribution in [0.4, 0.5) is 0 Å². The molecule has 2 aromatic carbocycles. The molecule has 4 nitrogen and oxygen atoms in total. The quantitative estimate of drug-likeness (QED) is 0.635. The Hall–Kier alpha value is -2.49. The number of ether oxygens (including phenoxy) is 1. The molecule has 0 aromatic heterocycles. The van der Waals surface area contributed by atoms with Crippen LogP contribution in [0.3, 0.4) is 0 Å². The lowest BCUT2D eigenvalue weighted by molar-refractivity contribution is 0.306. The topological polar surface area (TPSA) is 45.7 Å². The van der Waals surface area contributed by atoms with E-state index >= 15 is 0 Å². The summed E-state index contributed by atoms with van der Waals surface area (Å²) >= 11 is 0. The third kappa shape index (κ3) is 6.02. The van der Waals surface area contributed by atoms with E-state index in [4.69, 9.17) is 4.74 Å². The second kappa shape index (κ2) is 8.83. The van der Waals surface area contributed by atoms with Gasteiger partial charge in [-0.3, -0.25) is 4.99 Å². The van der Waals surface area contributed by atoms with E-state index in [0.29, 0.717) is 19.2 Å². The summed E-state index contributed by atoms with van der Waals surface area (Å²) in [6.07, 6.45) is 0. The Kier molecular flexibility index (Phi) is 6.48. The SMILES string of the molecule is CN=C(NCc1cccc(OCc2ccccc2)c1)NC(C)C. The number of rotatable bonds is 6. The maximum absolute atomic E-state index is 5.86. The fourth-order valence-electron chi connectivity index (χ4n) is 2.14. The number of nitrogens with one attached hydrogen (secondary N) is 2. The highest BCUT2D eigenvalue weighted by Gasteiger charge is 2.02. The molecule has 0 amide bonds. The summed E-state index contributed by atoms with van der Waals surface area (Å²) in [5, 5.41) is 6.57. The van der Waals surface area contributed by atoms with Crippen molar-refractivity contribution in [1.82, 2.24) is 10.6 Å². The molecule has 4 heteroatoms. The molecule has 0 radical (unpaired) electrons. The van der Waals surface area contributed by atoms with Crippen molar-refractivity contribution in [3.05, 3.63) is 65.7 Å². The lowest BCUT2D eigenvalue weighted by Gasteiger charge is -2.15. The van der Waals surface area contributed by atoms with Gasteiger partial charge in [0, 0.05) is 19.6 Å². The maximum atomic E-state index is 5.86. The third-order valence-electron chi connectivity index (χ3n) is 3.26. The maximum Gasteiger partial charge on any atom is 0.191 e. The Morgan fingerprint density at radius 2 is 1.78 bits per heavy atom. The highest BCUT2D eigenvalue weighted by molar-refractivity contribution is 5.79. The molecule has 2 N–H and O–H groups in total. The van der Waals surface area contributed by atoms with Crippen LogP contribution in [-0.2, 0) is 13.2 Å². The summed E-state index contributed by atoms with van der Waals surface area (Å²) in [5.74, 6) is 1.68. The summed E-state index contributed by atoms with van der Waals surface area (Å²) in [4.78, 5) is 4.20. The van der Waals surface area contributed by atoms with Gasteiger partial charge >= 0.3 is 0 Å². The minimum Gasteiger partial charge on any atom is -0.489 e. The smallest absolute Gasteiger partial charge is 0.191 e. The second-order valence-electron chi connectivity index (χ2n) is 5.65. The van der Waals surface area contributed by atoms with E-state index in [2.05, 4.69) is 53.7 Å². The molecule has 0 aliphatic heterocycles. The van der Waals surface area contributed by atoms with Crippen LogP contribution in [0.2, 0.25) is 0 Å². The van der Waals surface area contributed by atoms with E-state index in [1.807, 2.05) is 30.3 Å². The first-order chi connectivity index (χ1) is 11.2. The Bertz CT molecular complexity index is 624. The number of benzene rings is 2. The van der Waals surface area contributed by atoms with Gasteiger partial charge in [0.15, 0.2) is 5.96 Å². The van der Waals surface area contributed by atoms with E-state index in [1.165, 1.54) is 0 Å². The summed E-state index contributed by atoms with van der Waals surface area (Å²) in [7, 11) is 1.77. The van der Waals surface area contributed by atoms with E-state index in [0.717, 1.165) is 22.8 Å². The van der Waals surface area contributed by atoms with Crippen molar-refractivity contribution in [2.45, 2.75) is 33.0 Å². The molecule has 122 valence electrons. The Labute approximate surface area is 138 Å². The highest BCUT2D eigenvalue weighted by Crippen LogP contribution is 2.15. The molecular weight excluding hydrogens is 286 g/mol. The van der Waals surface area contributed by atoms with Crippen LogP contribution in [0.1, 0.15) is 25.0 Å². The lowest BCUT2D eigenvalue weighted by atomic mass is 10.2. The normalized spacial score (nSPS) is 11.4. The van der Waals surface area contributed by atoms with Crippen molar-refractivity contribution in [1.29, 1.82) is 0 Å². The molecule has 0 unspecified atom stereocenters. The number of aliphatic imine (C=N–C) groups is 1. The number of nitrogens with zero attached hydrogens (tertiary/aromatic N) is 1. The van der Waals surface area contributed by atoms with Gasteiger partial charge in [0.2, 0.25) is 0 Å². The van der Waals surface area contributed by atoms with Crippen molar-refractivity contribution in [3.63, 3.8) is 0 Å². The Morgan fingerprint density at radius 3 is 2.48 bits per heavy atom. The highest BCUT2D eigenvalue weighted by atomic mass is 16.5. The number of hydrogen-bond donors (Lipinski definition) is 2. The summed E-state index contributed by atoms with van der Waals surface area (Å²) < 4.78 is 5.86. The molecule has 0 heterocycles. The van der Waals surface area contributed by atoms with Crippen molar-refractivity contribution in [2.24, 2.45) is 4.99 Å². The molecule has 23 heavy (non-hydrogen) atoms. The van der Waals surface area contributed by atoms with Crippen molar-refractivity contribution in [3.8, 4) is 5.75 Å². The molecule has 0 saturated heterocycles. The van der Waals surface area contributed by atoms with Crippen LogP contribution in [-0.4, -0.2) is 19.0 Å². The number of hydrogen-bond acceptors (Lipinski definition) is 2. The minimum absolute atomic E-state index is 0.349. The van der Waals surface area contributed by atoms with Gasteiger partial charge < -0.3 is 15.4 Å². The number of guanidine groups is 1. The predicted molar refractivity (Wildman–Crippen MR) is 95.7 cm³/mol. The van der Waals surface area contributed by atoms with Crippen LogP contribution in [0.25, 0.3) is 0 Å². The first-order valence-electron chi connectivity index (χ1n) is 7.90. The zero-order valence-corrected chi connectivity index (χ0v) is 14.0. The molecule has 2 rings (SSSR count). The predicted octanol–water partition coefficient (Wildman–Crippen LogP) is 3.34. The molecular formula is C19H25N3O. The fraction of sp³-hybridized carbons (Fsp3) is 0.316. The van der Waals surface area contributed by atoms with Gasteiger partial charge in [-0.1, -0.05) is 42.5 Å². The van der Waals surface area contributed by atoms with E-state index < -0.39 is 0 Å². The fourth-order valence-corrected chi connectivity index (χ4v) is 2.14.